The Hall–Kier alpha value is -3.05. The Morgan fingerprint density at radius 1 is 0.607 bits per heavy atom. The van der Waals surface area contributed by atoms with Gasteiger partial charge in [0, 0.05) is 21.1 Å². The molecule has 2 aromatic heterocycles. The molecule has 0 bridgehead atoms. The molecule has 0 spiro atoms. The van der Waals surface area contributed by atoms with E-state index in [4.69, 9.17) is 9.05 Å². The van der Waals surface area contributed by atoms with Crippen LogP contribution in [0.5, 0.6) is 0 Å². The van der Waals surface area contributed by atoms with Crippen LogP contribution >= 0.6 is 0 Å². The van der Waals surface area contributed by atoms with Gasteiger partial charge < -0.3 is 18.7 Å². The van der Waals surface area contributed by atoms with Crippen LogP contribution in [0, 0.1) is 0 Å². The molecule has 0 amide bonds. The number of fused-ring (bicyclic) bond motifs is 3. The third-order valence-electron chi connectivity index (χ3n) is 4.80. The van der Waals surface area contributed by atoms with Gasteiger partial charge in [-0.25, -0.2) is 0 Å². The topological polar surface area (TPSA) is 58.5 Å². The molecular weight excluding hydrogens is 534 g/mol. The van der Waals surface area contributed by atoms with Crippen molar-refractivity contribution < 1.29 is 30.1 Å². The molecule has 1 aliphatic rings. The maximum Gasteiger partial charge on any atom is 0.404 e. The smallest absolute Gasteiger partial charge is 0.354 e. The van der Waals surface area contributed by atoms with Crippen molar-refractivity contribution in [2.45, 2.75) is 0 Å². The van der Waals surface area contributed by atoms with Crippen LogP contribution in [-0.4, -0.2) is 17.9 Å². The second-order valence-corrected chi connectivity index (χ2v) is 6.35. The van der Waals surface area contributed by atoms with E-state index in [9.17, 15) is 0 Å². The van der Waals surface area contributed by atoms with E-state index in [-0.39, 0.29) is 21.1 Å². The molecule has 0 atom stereocenters. The molecule has 6 nitrogen and oxygen atoms in total. The summed E-state index contributed by atoms with van der Waals surface area (Å²) < 4.78 is 11.0. The Morgan fingerprint density at radius 3 is 1.54 bits per heavy atom. The van der Waals surface area contributed by atoms with Crippen LogP contribution in [0.4, 0.5) is 23.0 Å². The SMILES string of the molecule is [B]1N(c2noc3ccccc23)c2ccccc2N1c1noc2ccccc12.[Pt]. The molecule has 0 unspecified atom stereocenters. The summed E-state index contributed by atoms with van der Waals surface area (Å²) in [5.41, 5.74) is 3.51. The van der Waals surface area contributed by atoms with E-state index in [0.717, 1.165) is 44.9 Å². The van der Waals surface area contributed by atoms with Crippen molar-refractivity contribution in [2.24, 2.45) is 0 Å². The van der Waals surface area contributed by atoms with Gasteiger partial charge in [-0.15, -0.1) is 0 Å². The average molecular weight is 546 g/mol. The first kappa shape index (κ1) is 17.1. The van der Waals surface area contributed by atoms with Gasteiger partial charge in [0.2, 0.25) is 0 Å². The van der Waals surface area contributed by atoms with Crippen LogP contribution in [0.2, 0.25) is 0 Å². The molecule has 0 saturated heterocycles. The zero-order valence-electron chi connectivity index (χ0n) is 14.4. The van der Waals surface area contributed by atoms with Gasteiger partial charge in [-0.2, -0.15) is 0 Å². The van der Waals surface area contributed by atoms with Crippen LogP contribution in [0.3, 0.4) is 0 Å². The Bertz CT molecular complexity index is 1200. The summed E-state index contributed by atoms with van der Waals surface area (Å²) in [4.78, 5) is 4.04. The molecule has 0 fully saturated rings. The van der Waals surface area contributed by atoms with E-state index in [1.54, 1.807) is 0 Å². The Labute approximate surface area is 175 Å². The van der Waals surface area contributed by atoms with Crippen molar-refractivity contribution in [3.05, 3.63) is 72.8 Å². The maximum atomic E-state index is 5.51. The van der Waals surface area contributed by atoms with Gasteiger partial charge in [-0.05, 0) is 36.4 Å². The first-order chi connectivity index (χ1) is 13.4. The second-order valence-electron chi connectivity index (χ2n) is 6.35. The van der Waals surface area contributed by atoms with Gasteiger partial charge in [-0.3, -0.25) is 0 Å². The standard InChI is InChI=1S/C20H12BN4O2.Pt/c1-5-11-17-13(7-1)19(22-26-17)24-15-9-3-4-10-16(15)25(21-24)20-14-8-2-6-12-18(14)27-23-20;/h1-12H;. The number of benzene rings is 3. The minimum Gasteiger partial charge on any atom is -0.354 e. The second kappa shape index (κ2) is 6.53. The first-order valence-electron chi connectivity index (χ1n) is 8.61. The van der Waals surface area contributed by atoms with Crippen LogP contribution in [0.25, 0.3) is 21.9 Å². The van der Waals surface area contributed by atoms with E-state index >= 15 is 0 Å². The number of hydrogen-bond acceptors (Lipinski definition) is 6. The van der Waals surface area contributed by atoms with Gasteiger partial charge in [0.05, 0.1) is 22.1 Å². The molecule has 0 aliphatic carbocycles. The van der Waals surface area contributed by atoms with E-state index in [1.165, 1.54) is 0 Å². The van der Waals surface area contributed by atoms with Gasteiger partial charge in [0.25, 0.3) is 0 Å². The van der Waals surface area contributed by atoms with E-state index in [2.05, 4.69) is 22.4 Å². The third kappa shape index (κ3) is 2.40. The number of aromatic nitrogens is 2. The maximum absolute atomic E-state index is 5.51. The van der Waals surface area contributed by atoms with Crippen molar-refractivity contribution in [3.63, 3.8) is 0 Å². The summed E-state index contributed by atoms with van der Waals surface area (Å²) in [6.45, 7) is 0. The third-order valence-corrected chi connectivity index (χ3v) is 4.80. The molecule has 1 aliphatic heterocycles. The fraction of sp³-hybridized carbons (Fsp3) is 0. The average Bonchev–Trinajstić information content (AvgIpc) is 3.42. The summed E-state index contributed by atoms with van der Waals surface area (Å²) in [7, 11) is 1.97. The first-order valence-corrected chi connectivity index (χ1v) is 8.61. The van der Waals surface area contributed by atoms with Crippen LogP contribution in [-0.2, 0) is 21.1 Å². The molecule has 3 heterocycles. The number of hydrogen-bond donors (Lipinski definition) is 0. The summed E-state index contributed by atoms with van der Waals surface area (Å²) in [5.74, 6) is 1.49. The summed E-state index contributed by atoms with van der Waals surface area (Å²) in [6, 6.07) is 23.8. The number of rotatable bonds is 2. The molecule has 8 heteroatoms. The largest absolute Gasteiger partial charge is 0.404 e. The zero-order chi connectivity index (χ0) is 17.8. The molecule has 0 N–H and O–H groups in total. The molecule has 1 radical (unpaired) electrons. The van der Waals surface area contributed by atoms with Crippen LogP contribution in [0.15, 0.2) is 81.8 Å². The Balaban J connectivity index is 0.00000171. The van der Waals surface area contributed by atoms with Crippen molar-refractivity contribution in [1.29, 1.82) is 0 Å². The summed E-state index contributed by atoms with van der Waals surface area (Å²) >= 11 is 0. The quantitative estimate of drug-likeness (QED) is 0.297. The Morgan fingerprint density at radius 2 is 1.04 bits per heavy atom. The van der Waals surface area contributed by atoms with Gasteiger partial charge in [-0.1, -0.05) is 46.7 Å². The fourth-order valence-electron chi connectivity index (χ4n) is 3.54. The molecule has 6 rings (SSSR count). The monoisotopic (exact) mass is 546 g/mol. The van der Waals surface area contributed by atoms with Crippen molar-refractivity contribution in [1.82, 2.24) is 10.3 Å². The van der Waals surface area contributed by atoms with Crippen molar-refractivity contribution in [3.8, 4) is 0 Å². The molecule has 0 saturated carbocycles. The predicted molar refractivity (Wildman–Crippen MR) is 104 cm³/mol. The van der Waals surface area contributed by atoms with Crippen LogP contribution < -0.4 is 9.62 Å². The van der Waals surface area contributed by atoms with Crippen molar-refractivity contribution >= 4 is 52.5 Å². The van der Waals surface area contributed by atoms with E-state index < -0.39 is 0 Å². The predicted octanol–water partition coefficient (Wildman–Crippen LogP) is 4.79. The van der Waals surface area contributed by atoms with Crippen LogP contribution in [0.1, 0.15) is 0 Å². The summed E-state index contributed by atoms with van der Waals surface area (Å²) in [5, 5.41) is 10.5. The fourth-order valence-corrected chi connectivity index (χ4v) is 3.54. The molecule has 5 aromatic rings. The normalized spacial score (nSPS) is 12.9. The van der Waals surface area contributed by atoms with E-state index in [1.807, 2.05) is 77.8 Å². The minimum atomic E-state index is 0. The molecule has 3 aromatic carbocycles. The molecule has 28 heavy (non-hydrogen) atoms. The van der Waals surface area contributed by atoms with Gasteiger partial charge in [0.15, 0.2) is 22.8 Å². The molecule has 137 valence electrons. The number of nitrogens with zero attached hydrogens (tertiary/aromatic N) is 4. The number of anilines is 4. The van der Waals surface area contributed by atoms with Crippen molar-refractivity contribution in [2.75, 3.05) is 9.62 Å². The summed E-state index contributed by atoms with van der Waals surface area (Å²) in [6.07, 6.45) is 0. The van der Waals surface area contributed by atoms with Gasteiger partial charge >= 0.3 is 7.55 Å². The minimum absolute atomic E-state index is 0. The van der Waals surface area contributed by atoms with Gasteiger partial charge in [0.1, 0.15) is 0 Å². The Kier molecular flexibility index (Phi) is 3.98. The van der Waals surface area contributed by atoms with E-state index in [0.29, 0.717) is 0 Å². The zero-order valence-corrected chi connectivity index (χ0v) is 16.7. The molecular formula is C20H12BN4O2Pt. The number of para-hydroxylation sites is 4.